The normalized spacial score (nSPS) is 28.2. The van der Waals surface area contributed by atoms with Gasteiger partial charge < -0.3 is 4.74 Å². The van der Waals surface area contributed by atoms with E-state index in [9.17, 15) is 0 Å². The number of hydrogen-bond acceptors (Lipinski definition) is 1. The summed E-state index contributed by atoms with van der Waals surface area (Å²) in [5.41, 5.74) is 6.09. The molecule has 0 saturated carbocycles. The molecule has 0 fully saturated rings. The summed E-state index contributed by atoms with van der Waals surface area (Å²) in [7, 11) is 0. The zero-order valence-electron chi connectivity index (χ0n) is 22.4. The third kappa shape index (κ3) is 7.54. The second-order valence-corrected chi connectivity index (χ2v) is 11.7. The summed E-state index contributed by atoms with van der Waals surface area (Å²) in [6.07, 6.45) is 15.4. The quantitative estimate of drug-likeness (QED) is 0.297. The van der Waals surface area contributed by atoms with Crippen LogP contribution in [0.5, 0.6) is 0 Å². The van der Waals surface area contributed by atoms with Crippen LogP contribution in [0.15, 0.2) is 34.1 Å². The van der Waals surface area contributed by atoms with Crippen molar-refractivity contribution in [3.8, 4) is 0 Å². The average molecular weight is 429 g/mol. The highest BCUT2D eigenvalue weighted by Gasteiger charge is 2.39. The molecule has 178 valence electrons. The molecule has 0 N–H and O–H groups in total. The van der Waals surface area contributed by atoms with Crippen LogP contribution in [-0.4, -0.2) is 5.60 Å². The van der Waals surface area contributed by atoms with Gasteiger partial charge in [0.05, 0.1) is 0 Å². The minimum absolute atomic E-state index is 0.0392. The first kappa shape index (κ1) is 26.3. The van der Waals surface area contributed by atoms with Crippen molar-refractivity contribution >= 4 is 0 Å². The van der Waals surface area contributed by atoms with E-state index in [1.165, 1.54) is 86.7 Å². The van der Waals surface area contributed by atoms with Crippen LogP contribution < -0.4 is 0 Å². The third-order valence-electron chi connectivity index (χ3n) is 8.46. The molecule has 0 aromatic heterocycles. The molecule has 5 atom stereocenters. The van der Waals surface area contributed by atoms with Crippen LogP contribution in [0.1, 0.15) is 127 Å². The van der Waals surface area contributed by atoms with E-state index in [2.05, 4.69) is 68.4 Å². The molecule has 1 aliphatic heterocycles. The van der Waals surface area contributed by atoms with Crippen molar-refractivity contribution in [2.45, 2.75) is 132 Å². The maximum Gasteiger partial charge on any atom is 0.106 e. The average Bonchev–Trinajstić information content (AvgIpc) is 2.70. The summed E-state index contributed by atoms with van der Waals surface area (Å²) in [4.78, 5) is 0. The van der Waals surface area contributed by atoms with Gasteiger partial charge in [0.2, 0.25) is 0 Å². The minimum Gasteiger partial charge on any atom is -0.491 e. The smallest absolute Gasteiger partial charge is 0.106 e. The van der Waals surface area contributed by atoms with E-state index in [1.807, 2.05) is 0 Å². The largest absolute Gasteiger partial charge is 0.491 e. The van der Waals surface area contributed by atoms with Gasteiger partial charge in [-0.3, -0.25) is 0 Å². The van der Waals surface area contributed by atoms with Crippen molar-refractivity contribution in [3.63, 3.8) is 0 Å². The maximum absolute atomic E-state index is 6.77. The Morgan fingerprint density at radius 2 is 1.61 bits per heavy atom. The van der Waals surface area contributed by atoms with Gasteiger partial charge in [-0.15, -0.1) is 0 Å². The van der Waals surface area contributed by atoms with Crippen LogP contribution >= 0.6 is 0 Å². The molecule has 0 radical (unpaired) electrons. The zero-order chi connectivity index (χ0) is 23.2. The van der Waals surface area contributed by atoms with Gasteiger partial charge in [-0.05, 0) is 102 Å². The summed E-state index contributed by atoms with van der Waals surface area (Å²) in [5.74, 6) is 4.15. The Balaban J connectivity index is 1.72. The van der Waals surface area contributed by atoms with Gasteiger partial charge in [0.15, 0.2) is 0 Å². The van der Waals surface area contributed by atoms with Gasteiger partial charge in [-0.25, -0.2) is 0 Å². The van der Waals surface area contributed by atoms with Crippen LogP contribution in [0, 0.1) is 23.7 Å². The number of hydrogen-bond donors (Lipinski definition) is 0. The standard InChI is InChI=1S/C30H52O/c1-21(2)13-10-14-22(3)15-11-16-23(4)17-12-19-30(9)20-18-28-26(7)24(5)25(6)27(8)29(28)31-30/h13,22-23,25,27H,10-12,14-20H2,1-9H3. The first-order valence-electron chi connectivity index (χ1n) is 13.3. The van der Waals surface area contributed by atoms with E-state index in [0.717, 1.165) is 11.8 Å². The molecular weight excluding hydrogens is 376 g/mol. The van der Waals surface area contributed by atoms with Crippen molar-refractivity contribution in [1.82, 2.24) is 0 Å². The second-order valence-electron chi connectivity index (χ2n) is 11.7. The molecule has 31 heavy (non-hydrogen) atoms. The highest BCUT2D eigenvalue weighted by molar-refractivity contribution is 5.42. The van der Waals surface area contributed by atoms with Gasteiger partial charge in [0.1, 0.15) is 11.4 Å². The molecule has 1 heteroatoms. The molecule has 2 rings (SSSR count). The van der Waals surface area contributed by atoms with Gasteiger partial charge in [-0.2, -0.15) is 0 Å². The van der Waals surface area contributed by atoms with E-state index >= 15 is 0 Å². The van der Waals surface area contributed by atoms with Gasteiger partial charge in [-0.1, -0.05) is 70.6 Å². The highest BCUT2D eigenvalue weighted by atomic mass is 16.5. The van der Waals surface area contributed by atoms with E-state index in [4.69, 9.17) is 4.74 Å². The van der Waals surface area contributed by atoms with E-state index in [0.29, 0.717) is 11.8 Å². The predicted molar refractivity (Wildman–Crippen MR) is 137 cm³/mol. The van der Waals surface area contributed by atoms with Crippen LogP contribution in [0.25, 0.3) is 0 Å². The molecule has 0 aromatic carbocycles. The second kappa shape index (κ2) is 11.8. The summed E-state index contributed by atoms with van der Waals surface area (Å²) >= 11 is 0. The number of allylic oxidation sites excluding steroid dienone is 6. The van der Waals surface area contributed by atoms with E-state index in [1.54, 1.807) is 5.57 Å². The predicted octanol–water partition coefficient (Wildman–Crippen LogP) is 9.79. The van der Waals surface area contributed by atoms with Crippen LogP contribution in [0.4, 0.5) is 0 Å². The lowest BCUT2D eigenvalue weighted by atomic mass is 9.73. The van der Waals surface area contributed by atoms with Gasteiger partial charge >= 0.3 is 0 Å². The molecule has 1 heterocycles. The molecule has 0 saturated heterocycles. The monoisotopic (exact) mass is 428 g/mol. The summed E-state index contributed by atoms with van der Waals surface area (Å²) in [6.45, 7) is 21.0. The lowest BCUT2D eigenvalue weighted by Crippen LogP contribution is -2.37. The van der Waals surface area contributed by atoms with Crippen molar-refractivity contribution in [2.75, 3.05) is 0 Å². The number of ether oxygens (including phenoxy) is 1. The fourth-order valence-electron chi connectivity index (χ4n) is 5.57. The molecule has 0 bridgehead atoms. The molecule has 0 amide bonds. The SMILES string of the molecule is CC(C)=CCCC(C)CCCC(C)CCCC1(C)CCC2=C(O1)C(C)C(C)C(C)=C2C. The summed E-state index contributed by atoms with van der Waals surface area (Å²) in [5, 5.41) is 0. The molecule has 2 aliphatic rings. The first-order chi connectivity index (χ1) is 14.5. The minimum atomic E-state index is 0.0392. The van der Waals surface area contributed by atoms with E-state index < -0.39 is 0 Å². The van der Waals surface area contributed by atoms with Crippen molar-refractivity contribution in [3.05, 3.63) is 34.1 Å². The Labute approximate surface area is 194 Å². The maximum atomic E-state index is 6.77. The molecule has 5 unspecified atom stereocenters. The van der Waals surface area contributed by atoms with Gasteiger partial charge in [0.25, 0.3) is 0 Å². The molecule has 0 spiro atoms. The third-order valence-corrected chi connectivity index (χ3v) is 8.46. The highest BCUT2D eigenvalue weighted by Crippen LogP contribution is 2.47. The molecule has 1 aliphatic carbocycles. The van der Waals surface area contributed by atoms with E-state index in [-0.39, 0.29) is 5.60 Å². The topological polar surface area (TPSA) is 9.23 Å². The Bertz CT molecular complexity index is 675. The lowest BCUT2D eigenvalue weighted by molar-refractivity contribution is -0.0301. The van der Waals surface area contributed by atoms with Crippen molar-refractivity contribution in [2.24, 2.45) is 23.7 Å². The van der Waals surface area contributed by atoms with Crippen molar-refractivity contribution in [1.29, 1.82) is 0 Å². The summed E-state index contributed by atoms with van der Waals surface area (Å²) in [6, 6.07) is 0. The lowest BCUT2D eigenvalue weighted by Gasteiger charge is -2.43. The fourth-order valence-corrected chi connectivity index (χ4v) is 5.57. The Morgan fingerprint density at radius 1 is 1.00 bits per heavy atom. The first-order valence-corrected chi connectivity index (χ1v) is 13.3. The van der Waals surface area contributed by atoms with Crippen LogP contribution in [0.3, 0.4) is 0 Å². The van der Waals surface area contributed by atoms with Crippen LogP contribution in [-0.2, 0) is 4.74 Å². The number of rotatable bonds is 11. The fraction of sp³-hybridized carbons (Fsp3) is 0.800. The zero-order valence-corrected chi connectivity index (χ0v) is 22.4. The van der Waals surface area contributed by atoms with Gasteiger partial charge in [0, 0.05) is 5.92 Å². The Kier molecular flexibility index (Phi) is 9.97. The van der Waals surface area contributed by atoms with Crippen LogP contribution in [0.2, 0.25) is 0 Å². The van der Waals surface area contributed by atoms with Crippen molar-refractivity contribution < 1.29 is 4.74 Å². The Morgan fingerprint density at radius 3 is 2.26 bits per heavy atom. The molecule has 1 nitrogen and oxygen atoms in total. The Hall–Kier alpha value is -0.980. The molecular formula is C30H52O. The summed E-state index contributed by atoms with van der Waals surface area (Å²) < 4.78 is 6.77. The molecule has 0 aromatic rings.